The second kappa shape index (κ2) is 5.16. The summed E-state index contributed by atoms with van der Waals surface area (Å²) < 4.78 is 0. The lowest BCUT2D eigenvalue weighted by molar-refractivity contribution is 0.890. The molecule has 1 aromatic carbocycles. The molecule has 0 aliphatic rings. The van der Waals surface area contributed by atoms with Crippen LogP contribution in [0, 0.1) is 13.8 Å². The fourth-order valence-corrected chi connectivity index (χ4v) is 3.07. The summed E-state index contributed by atoms with van der Waals surface area (Å²) >= 11 is 7.86. The van der Waals surface area contributed by atoms with Crippen molar-refractivity contribution in [2.75, 3.05) is 11.1 Å². The Hall–Kier alpha value is -1.26. The third-order valence-electron chi connectivity index (χ3n) is 2.70. The van der Waals surface area contributed by atoms with E-state index in [0.717, 1.165) is 16.4 Å². The maximum Gasteiger partial charge on any atom is 0.0900 e. The quantitative estimate of drug-likeness (QED) is 0.830. The number of nitrogen functional groups attached to an aromatic ring is 1. The van der Waals surface area contributed by atoms with E-state index in [-0.39, 0.29) is 6.04 Å². The van der Waals surface area contributed by atoms with Gasteiger partial charge in [-0.1, -0.05) is 11.6 Å². The van der Waals surface area contributed by atoms with Crippen molar-refractivity contribution in [2.45, 2.75) is 26.8 Å². The molecule has 0 radical (unpaired) electrons. The second-order valence-electron chi connectivity index (χ2n) is 4.29. The van der Waals surface area contributed by atoms with Gasteiger partial charge in [-0.15, -0.1) is 11.3 Å². The zero-order valence-electron chi connectivity index (χ0n) is 10.6. The van der Waals surface area contributed by atoms with Crippen molar-refractivity contribution < 1.29 is 0 Å². The van der Waals surface area contributed by atoms with Crippen LogP contribution in [0.1, 0.15) is 28.5 Å². The van der Waals surface area contributed by atoms with Crippen molar-refractivity contribution in [3.05, 3.63) is 38.8 Å². The van der Waals surface area contributed by atoms with Crippen molar-refractivity contribution in [1.82, 2.24) is 4.98 Å². The van der Waals surface area contributed by atoms with Gasteiger partial charge in [-0.25, -0.2) is 4.98 Å². The molecule has 5 heteroatoms. The van der Waals surface area contributed by atoms with Gasteiger partial charge < -0.3 is 11.1 Å². The van der Waals surface area contributed by atoms with Gasteiger partial charge in [0.1, 0.15) is 0 Å². The van der Waals surface area contributed by atoms with Crippen LogP contribution in [0.15, 0.2) is 18.2 Å². The summed E-state index contributed by atoms with van der Waals surface area (Å²) in [5.41, 5.74) is 8.31. The fraction of sp³-hybridized carbons (Fsp3) is 0.308. The molecule has 1 atom stereocenters. The third-order valence-corrected chi connectivity index (χ3v) is 4.27. The number of anilines is 2. The van der Waals surface area contributed by atoms with Crippen molar-refractivity contribution in [2.24, 2.45) is 0 Å². The minimum absolute atomic E-state index is 0.178. The van der Waals surface area contributed by atoms with Gasteiger partial charge in [-0.3, -0.25) is 0 Å². The van der Waals surface area contributed by atoms with Gasteiger partial charge in [0.25, 0.3) is 0 Å². The largest absolute Gasteiger partial charge is 0.399 e. The lowest BCUT2D eigenvalue weighted by Crippen LogP contribution is -2.06. The Kier molecular flexibility index (Phi) is 3.78. The minimum atomic E-state index is 0.178. The fourth-order valence-electron chi connectivity index (χ4n) is 1.90. The topological polar surface area (TPSA) is 50.9 Å². The zero-order valence-corrected chi connectivity index (χ0v) is 12.2. The van der Waals surface area contributed by atoms with Crippen LogP contribution in [-0.4, -0.2) is 4.98 Å². The van der Waals surface area contributed by atoms with Crippen LogP contribution in [-0.2, 0) is 0 Å². The van der Waals surface area contributed by atoms with Crippen molar-refractivity contribution in [1.29, 1.82) is 0 Å². The van der Waals surface area contributed by atoms with E-state index in [4.69, 9.17) is 17.3 Å². The summed E-state index contributed by atoms with van der Waals surface area (Å²) in [5.74, 6) is 0. The predicted molar refractivity (Wildman–Crippen MR) is 79.5 cm³/mol. The molecule has 96 valence electrons. The van der Waals surface area contributed by atoms with E-state index in [1.807, 2.05) is 26.0 Å². The highest BCUT2D eigenvalue weighted by molar-refractivity contribution is 7.11. The van der Waals surface area contributed by atoms with Crippen LogP contribution in [0.3, 0.4) is 0 Å². The number of hydrogen-bond acceptors (Lipinski definition) is 4. The normalized spacial score (nSPS) is 12.4. The summed E-state index contributed by atoms with van der Waals surface area (Å²) in [5, 5.41) is 5.11. The molecule has 3 N–H and O–H groups in total. The van der Waals surface area contributed by atoms with E-state index in [0.29, 0.717) is 10.7 Å². The highest BCUT2D eigenvalue weighted by Gasteiger charge is 2.13. The molecular weight excluding hydrogens is 266 g/mol. The molecule has 0 fully saturated rings. The first-order chi connectivity index (χ1) is 8.47. The van der Waals surface area contributed by atoms with E-state index in [1.165, 1.54) is 4.88 Å². The lowest BCUT2D eigenvalue weighted by atomic mass is 10.2. The number of nitrogens with one attached hydrogen (secondary N) is 1. The van der Waals surface area contributed by atoms with E-state index < -0.39 is 0 Å². The van der Waals surface area contributed by atoms with Crippen LogP contribution in [0.2, 0.25) is 5.02 Å². The SMILES string of the molecule is Cc1nc(C)c(C(C)Nc2ccc(N)cc2Cl)s1. The molecule has 0 saturated carbocycles. The summed E-state index contributed by atoms with van der Waals surface area (Å²) in [4.78, 5) is 5.67. The maximum atomic E-state index is 6.15. The Bertz CT molecular complexity index is 565. The Morgan fingerprint density at radius 1 is 1.39 bits per heavy atom. The van der Waals surface area contributed by atoms with Gasteiger partial charge in [-0.05, 0) is 39.0 Å². The smallest absolute Gasteiger partial charge is 0.0900 e. The highest BCUT2D eigenvalue weighted by atomic mass is 35.5. The number of nitrogens with two attached hydrogens (primary N) is 1. The Morgan fingerprint density at radius 3 is 2.67 bits per heavy atom. The summed E-state index contributed by atoms with van der Waals surface area (Å²) in [6.45, 7) is 6.15. The predicted octanol–water partition coefficient (Wildman–Crippen LogP) is 4.17. The number of thiazole rings is 1. The van der Waals surface area contributed by atoms with Gasteiger partial charge in [0.05, 0.1) is 27.5 Å². The zero-order chi connectivity index (χ0) is 13.3. The average molecular weight is 282 g/mol. The van der Waals surface area contributed by atoms with Gasteiger partial charge in [-0.2, -0.15) is 0 Å². The van der Waals surface area contributed by atoms with Gasteiger partial charge in [0, 0.05) is 10.6 Å². The molecule has 0 amide bonds. The van der Waals surface area contributed by atoms with E-state index >= 15 is 0 Å². The molecule has 0 aliphatic carbocycles. The van der Waals surface area contributed by atoms with Gasteiger partial charge in [0.2, 0.25) is 0 Å². The second-order valence-corrected chi connectivity index (χ2v) is 5.93. The number of nitrogens with zero attached hydrogens (tertiary/aromatic N) is 1. The Morgan fingerprint density at radius 2 is 2.11 bits per heavy atom. The molecule has 2 rings (SSSR count). The van der Waals surface area contributed by atoms with Crippen molar-refractivity contribution in [3.63, 3.8) is 0 Å². The van der Waals surface area contributed by atoms with Gasteiger partial charge >= 0.3 is 0 Å². The van der Waals surface area contributed by atoms with Crippen LogP contribution in [0.4, 0.5) is 11.4 Å². The van der Waals surface area contributed by atoms with Crippen molar-refractivity contribution in [3.8, 4) is 0 Å². The molecule has 0 bridgehead atoms. The minimum Gasteiger partial charge on any atom is -0.399 e. The van der Waals surface area contributed by atoms with E-state index in [2.05, 4.69) is 17.2 Å². The van der Waals surface area contributed by atoms with Crippen molar-refractivity contribution >= 4 is 34.3 Å². The third kappa shape index (κ3) is 2.76. The molecule has 0 saturated heterocycles. The molecule has 1 unspecified atom stereocenters. The van der Waals surface area contributed by atoms with Gasteiger partial charge in [0.15, 0.2) is 0 Å². The first-order valence-corrected chi connectivity index (χ1v) is 6.92. The van der Waals surface area contributed by atoms with Crippen LogP contribution in [0.25, 0.3) is 0 Å². The van der Waals surface area contributed by atoms with E-state index in [1.54, 1.807) is 17.4 Å². The monoisotopic (exact) mass is 281 g/mol. The number of halogens is 1. The first kappa shape index (κ1) is 13.2. The van der Waals surface area contributed by atoms with Crippen LogP contribution < -0.4 is 11.1 Å². The number of hydrogen-bond donors (Lipinski definition) is 2. The molecular formula is C13H16ClN3S. The standard InChI is InChI=1S/C13H16ClN3S/c1-7-13(18-9(3)16-7)8(2)17-12-5-4-10(15)6-11(12)14/h4-6,8,17H,15H2,1-3H3. The summed E-state index contributed by atoms with van der Waals surface area (Å²) in [6.07, 6.45) is 0. The van der Waals surface area contributed by atoms with Crippen LogP contribution >= 0.6 is 22.9 Å². The number of benzene rings is 1. The maximum absolute atomic E-state index is 6.15. The molecule has 2 aromatic rings. The van der Waals surface area contributed by atoms with E-state index in [9.17, 15) is 0 Å². The number of aromatic nitrogens is 1. The molecule has 1 aromatic heterocycles. The number of rotatable bonds is 3. The Balaban J connectivity index is 2.21. The summed E-state index contributed by atoms with van der Waals surface area (Å²) in [7, 11) is 0. The molecule has 3 nitrogen and oxygen atoms in total. The molecule has 18 heavy (non-hydrogen) atoms. The molecule has 0 spiro atoms. The average Bonchev–Trinajstić information content (AvgIpc) is 2.62. The lowest BCUT2D eigenvalue weighted by Gasteiger charge is -2.15. The van der Waals surface area contributed by atoms with Crippen LogP contribution in [0.5, 0.6) is 0 Å². The summed E-state index contributed by atoms with van der Waals surface area (Å²) in [6, 6.07) is 5.67. The highest BCUT2D eigenvalue weighted by Crippen LogP contribution is 2.31. The number of aryl methyl sites for hydroxylation is 2. The Labute approximate surface area is 116 Å². The molecule has 1 heterocycles. The molecule has 0 aliphatic heterocycles. The first-order valence-electron chi connectivity index (χ1n) is 5.73.